The van der Waals surface area contributed by atoms with Gasteiger partial charge in [0.15, 0.2) is 22.6 Å². The van der Waals surface area contributed by atoms with Gasteiger partial charge >= 0.3 is 18.0 Å². The van der Waals surface area contributed by atoms with Crippen LogP contribution in [0.15, 0.2) is 6.33 Å². The van der Waals surface area contributed by atoms with E-state index in [4.69, 9.17) is 26.4 Å². The van der Waals surface area contributed by atoms with Crippen LogP contribution in [0.1, 0.15) is 110 Å². The zero-order chi connectivity index (χ0) is 30.8. The van der Waals surface area contributed by atoms with Crippen molar-refractivity contribution in [3.05, 3.63) is 12.4 Å². The number of halogens is 1. The van der Waals surface area contributed by atoms with Gasteiger partial charge in [0.05, 0.1) is 12.9 Å². The molecule has 3 rings (SSSR count). The van der Waals surface area contributed by atoms with Crippen molar-refractivity contribution in [3.63, 3.8) is 0 Å². The summed E-state index contributed by atoms with van der Waals surface area (Å²) in [5.41, 5.74) is 4.08. The predicted octanol–water partition coefficient (Wildman–Crippen LogP) is 4.77. The van der Waals surface area contributed by atoms with E-state index in [9.17, 15) is 19.1 Å². The first-order valence-corrected chi connectivity index (χ1v) is 14.8. The molecule has 0 saturated carbocycles. The average Bonchev–Trinajstić information content (AvgIpc) is 3.50. The molecule has 11 nitrogen and oxygen atoms in total. The number of terminal acetylenes is 1. The number of imidazole rings is 1. The summed E-state index contributed by atoms with van der Waals surface area (Å²) in [6, 6.07) is 0. The minimum Gasteiger partial charge on any atom is -0.460 e. The molecule has 3 atom stereocenters. The van der Waals surface area contributed by atoms with Gasteiger partial charge in [0.2, 0.25) is 0 Å². The van der Waals surface area contributed by atoms with Crippen molar-refractivity contribution in [1.29, 1.82) is 0 Å². The molecule has 0 radical (unpaired) electrons. The Balaban J connectivity index is 1.32. The molecule has 1 saturated heterocycles. The van der Waals surface area contributed by atoms with Gasteiger partial charge in [-0.25, -0.2) is 4.98 Å². The smallest absolute Gasteiger partial charge is 0.312 e. The largest absolute Gasteiger partial charge is 0.460 e. The molecular weight excluding hydrogens is 545 g/mol. The molecule has 3 N–H and O–H groups in total. The molecule has 1 fully saturated rings. The lowest BCUT2D eigenvalue weighted by molar-refractivity contribution is -0.159. The van der Waals surface area contributed by atoms with Crippen molar-refractivity contribution in [3.8, 4) is 12.3 Å². The Kier molecular flexibility index (Phi) is 12.1. The topological polar surface area (TPSA) is 152 Å². The van der Waals surface area contributed by atoms with E-state index in [0.717, 1.165) is 57.8 Å². The van der Waals surface area contributed by atoms with Gasteiger partial charge in [0.1, 0.15) is 17.9 Å². The molecule has 12 heteroatoms. The first-order valence-electron chi connectivity index (χ1n) is 14.8. The number of fused-ring (bicyclic) bond motifs is 1. The maximum Gasteiger partial charge on any atom is 0.312 e. The Morgan fingerprint density at radius 3 is 2.21 bits per heavy atom. The maximum absolute atomic E-state index is 13.8. The SMILES string of the molecule is C#C[C@]1(CO)O[C@@H](n2cnc3c(N)nc(F)nc32)C[C@@H]1OC(=O)CCCCCCCCCCCCC(=O)OC(C)(C)C. The van der Waals surface area contributed by atoms with E-state index in [1.807, 2.05) is 20.8 Å². The number of hydrogen-bond donors (Lipinski definition) is 2. The van der Waals surface area contributed by atoms with E-state index in [2.05, 4.69) is 20.9 Å². The fourth-order valence-corrected chi connectivity index (χ4v) is 5.05. The Morgan fingerprint density at radius 1 is 1.10 bits per heavy atom. The third kappa shape index (κ3) is 9.36. The molecule has 2 aromatic heterocycles. The van der Waals surface area contributed by atoms with E-state index in [1.54, 1.807) is 0 Å². The highest BCUT2D eigenvalue weighted by atomic mass is 19.1. The normalized spacial score (nSPS) is 20.5. The molecule has 0 aliphatic carbocycles. The average molecular weight is 590 g/mol. The van der Waals surface area contributed by atoms with Crippen LogP contribution in [0, 0.1) is 18.4 Å². The number of nitrogens with two attached hydrogens (primary N) is 1. The summed E-state index contributed by atoms with van der Waals surface area (Å²) in [5, 5.41) is 10.0. The van der Waals surface area contributed by atoms with Gasteiger partial charge in [-0.1, -0.05) is 57.3 Å². The summed E-state index contributed by atoms with van der Waals surface area (Å²) in [6.45, 7) is 5.07. The molecule has 0 spiro atoms. The molecule has 0 bridgehead atoms. The summed E-state index contributed by atoms with van der Waals surface area (Å²) in [5.74, 6) is 1.77. The Bertz CT molecular complexity index is 1240. The molecule has 0 unspecified atom stereocenters. The summed E-state index contributed by atoms with van der Waals surface area (Å²) in [4.78, 5) is 35.7. The molecule has 1 aliphatic rings. The van der Waals surface area contributed by atoms with Gasteiger partial charge in [-0.2, -0.15) is 14.4 Å². The Morgan fingerprint density at radius 2 is 1.67 bits per heavy atom. The van der Waals surface area contributed by atoms with E-state index < -0.39 is 42.2 Å². The molecule has 1 aliphatic heterocycles. The van der Waals surface area contributed by atoms with Crippen LogP contribution in [0.4, 0.5) is 10.2 Å². The van der Waals surface area contributed by atoms with Crippen LogP contribution >= 0.6 is 0 Å². The number of rotatable bonds is 16. The Hall–Kier alpha value is -3.30. The fourth-order valence-electron chi connectivity index (χ4n) is 5.05. The van der Waals surface area contributed by atoms with Crippen molar-refractivity contribution in [1.82, 2.24) is 19.5 Å². The number of nitrogens with zero attached hydrogens (tertiary/aromatic N) is 4. The van der Waals surface area contributed by atoms with Crippen LogP contribution < -0.4 is 5.73 Å². The van der Waals surface area contributed by atoms with Gasteiger partial charge in [-0.15, -0.1) is 6.42 Å². The lowest BCUT2D eigenvalue weighted by atomic mass is 9.98. The van der Waals surface area contributed by atoms with Crippen molar-refractivity contribution >= 4 is 28.9 Å². The van der Waals surface area contributed by atoms with E-state index in [0.29, 0.717) is 12.8 Å². The lowest BCUT2D eigenvalue weighted by Crippen LogP contribution is -2.44. The first-order chi connectivity index (χ1) is 20.0. The number of unbranched alkanes of at least 4 members (excludes halogenated alkanes) is 9. The predicted molar refractivity (Wildman–Crippen MR) is 154 cm³/mol. The number of esters is 2. The third-order valence-corrected chi connectivity index (χ3v) is 7.20. The van der Waals surface area contributed by atoms with E-state index in [1.165, 1.54) is 10.9 Å². The summed E-state index contributed by atoms with van der Waals surface area (Å²) in [6.07, 6.45) is 15.3. The van der Waals surface area contributed by atoms with Crippen LogP contribution in [-0.4, -0.2) is 60.5 Å². The number of ether oxygens (including phenoxy) is 3. The zero-order valence-corrected chi connectivity index (χ0v) is 24.9. The number of carbonyl (C=O) groups excluding carboxylic acids is 2. The second-order valence-corrected chi connectivity index (χ2v) is 11.8. The quantitative estimate of drug-likeness (QED) is 0.121. The highest BCUT2D eigenvalue weighted by Crippen LogP contribution is 2.39. The van der Waals surface area contributed by atoms with Crippen LogP contribution in [0.3, 0.4) is 0 Å². The minimum absolute atomic E-state index is 0.110. The number of hydrogen-bond acceptors (Lipinski definition) is 10. The van der Waals surface area contributed by atoms with Crippen LogP contribution in [-0.2, 0) is 23.8 Å². The number of nitrogen functional groups attached to an aromatic ring is 1. The molecule has 42 heavy (non-hydrogen) atoms. The van der Waals surface area contributed by atoms with Gasteiger partial charge < -0.3 is 25.1 Å². The summed E-state index contributed by atoms with van der Waals surface area (Å²) >= 11 is 0. The first kappa shape index (κ1) is 33.2. The lowest BCUT2D eigenvalue weighted by Gasteiger charge is -2.26. The van der Waals surface area contributed by atoms with Crippen molar-refractivity contribution in [2.45, 2.75) is 128 Å². The number of aliphatic hydroxyl groups excluding tert-OH is 1. The Labute approximate surface area is 246 Å². The standard InChI is InChI=1S/C30H44FN5O6/c1-5-30(19-37)21(18-22(41-30)36-20-33-25-26(32)34-28(31)35-27(25)36)40-23(38)16-14-12-10-8-6-7-9-11-13-15-17-24(39)42-29(2,3)4/h1,20-22,37H,6-19H2,2-4H3,(H2,32,34,35)/t21-,22+,30+/m0/s1. The minimum atomic E-state index is -1.55. The monoisotopic (exact) mass is 589 g/mol. The highest BCUT2D eigenvalue weighted by molar-refractivity contribution is 5.81. The molecule has 0 amide bonds. The molecule has 3 heterocycles. The van der Waals surface area contributed by atoms with Crippen molar-refractivity contribution in [2.24, 2.45) is 0 Å². The number of carbonyl (C=O) groups is 2. The number of aromatic nitrogens is 4. The van der Waals surface area contributed by atoms with Gasteiger partial charge in [-0.3, -0.25) is 14.2 Å². The third-order valence-electron chi connectivity index (χ3n) is 7.20. The van der Waals surface area contributed by atoms with Crippen LogP contribution in [0.25, 0.3) is 11.2 Å². The van der Waals surface area contributed by atoms with Gasteiger partial charge in [0, 0.05) is 19.3 Å². The van der Waals surface area contributed by atoms with Crippen LogP contribution in [0.2, 0.25) is 0 Å². The van der Waals surface area contributed by atoms with Gasteiger partial charge in [-0.05, 0) is 33.6 Å². The second-order valence-electron chi connectivity index (χ2n) is 11.8. The van der Waals surface area contributed by atoms with Crippen molar-refractivity contribution in [2.75, 3.05) is 12.3 Å². The molecule has 0 aromatic carbocycles. The molecule has 2 aromatic rings. The molecule has 232 valence electrons. The van der Waals surface area contributed by atoms with Gasteiger partial charge in [0.25, 0.3) is 0 Å². The maximum atomic E-state index is 13.8. The number of anilines is 1. The van der Waals surface area contributed by atoms with Crippen LogP contribution in [0.5, 0.6) is 0 Å². The fraction of sp³-hybridized carbons (Fsp3) is 0.700. The number of aliphatic hydroxyl groups is 1. The second kappa shape index (κ2) is 15.3. The van der Waals surface area contributed by atoms with Crippen molar-refractivity contribution < 1.29 is 33.3 Å². The molecular formula is C30H44FN5O6. The van der Waals surface area contributed by atoms with E-state index in [-0.39, 0.29) is 35.8 Å². The summed E-state index contributed by atoms with van der Waals surface area (Å²) < 4.78 is 32.2. The van der Waals surface area contributed by atoms with E-state index >= 15 is 0 Å². The zero-order valence-electron chi connectivity index (χ0n) is 24.9. The summed E-state index contributed by atoms with van der Waals surface area (Å²) in [7, 11) is 0. The highest BCUT2D eigenvalue weighted by Gasteiger charge is 2.51.